The molecule has 2 aromatic heterocycles. The number of aliphatic carboxylic acids is 1. The molecule has 0 saturated carbocycles. The van der Waals surface area contributed by atoms with Gasteiger partial charge in [0.15, 0.2) is 0 Å². The van der Waals surface area contributed by atoms with Gasteiger partial charge in [0.1, 0.15) is 21.6 Å². The Bertz CT molecular complexity index is 729. The first kappa shape index (κ1) is 15.4. The number of aliphatic hydroxyl groups excluding tert-OH is 1. The van der Waals surface area contributed by atoms with Crippen LogP contribution in [0.5, 0.6) is 0 Å². The molecular formula is C12H7Cl2N3O3S. The molecule has 0 aromatic carbocycles. The molecule has 0 spiro atoms. The van der Waals surface area contributed by atoms with Gasteiger partial charge in [-0.25, -0.2) is 19.8 Å². The number of pyridine rings is 1. The molecule has 0 aliphatic rings. The monoisotopic (exact) mass is 343 g/mol. The molecular weight excluding hydrogens is 337 g/mol. The van der Waals surface area contributed by atoms with Crippen LogP contribution in [-0.4, -0.2) is 32.4 Å². The minimum absolute atomic E-state index is 0.0454. The van der Waals surface area contributed by atoms with E-state index in [0.29, 0.717) is 5.13 Å². The molecule has 0 saturated heterocycles. The maximum absolute atomic E-state index is 11.2. The van der Waals surface area contributed by atoms with Gasteiger partial charge in [0.2, 0.25) is 5.13 Å². The van der Waals surface area contributed by atoms with Crippen LogP contribution < -0.4 is 0 Å². The van der Waals surface area contributed by atoms with Gasteiger partial charge in [-0.3, -0.25) is 0 Å². The summed E-state index contributed by atoms with van der Waals surface area (Å²) >= 11 is 12.7. The summed E-state index contributed by atoms with van der Waals surface area (Å²) in [5.74, 6) is -1.92. The van der Waals surface area contributed by atoms with E-state index in [2.05, 4.69) is 15.0 Å². The molecule has 2 aromatic rings. The van der Waals surface area contributed by atoms with Crippen LogP contribution in [0.4, 0.5) is 5.13 Å². The van der Waals surface area contributed by atoms with Crippen molar-refractivity contribution in [1.82, 2.24) is 9.97 Å². The Morgan fingerprint density at radius 2 is 2.10 bits per heavy atom. The molecule has 21 heavy (non-hydrogen) atoms. The van der Waals surface area contributed by atoms with E-state index < -0.39 is 17.3 Å². The fourth-order valence-electron chi connectivity index (χ4n) is 1.35. The molecule has 0 aliphatic carbocycles. The highest BCUT2D eigenvalue weighted by molar-refractivity contribution is 7.13. The van der Waals surface area contributed by atoms with Gasteiger partial charge in [0.05, 0.1) is 5.56 Å². The second-order valence-electron chi connectivity index (χ2n) is 3.61. The number of hydrogen-bond acceptors (Lipinski definition) is 6. The highest BCUT2D eigenvalue weighted by Crippen LogP contribution is 2.25. The molecule has 6 nitrogen and oxygen atoms in total. The Hall–Kier alpha value is -1.96. The van der Waals surface area contributed by atoms with E-state index in [0.717, 1.165) is 6.21 Å². The number of carbonyl (C=O) groups is 1. The van der Waals surface area contributed by atoms with Crippen LogP contribution in [-0.2, 0) is 4.79 Å². The molecule has 0 unspecified atom stereocenters. The van der Waals surface area contributed by atoms with Crippen molar-refractivity contribution in [3.05, 3.63) is 45.2 Å². The average molecular weight is 344 g/mol. The van der Waals surface area contributed by atoms with Gasteiger partial charge >= 0.3 is 5.97 Å². The molecule has 0 amide bonds. The van der Waals surface area contributed by atoms with Crippen molar-refractivity contribution in [2.45, 2.75) is 0 Å². The number of aromatic nitrogens is 2. The number of halogens is 2. The predicted molar refractivity (Wildman–Crippen MR) is 81.7 cm³/mol. The zero-order valence-electron chi connectivity index (χ0n) is 10.2. The Morgan fingerprint density at radius 1 is 1.33 bits per heavy atom. The molecule has 2 heterocycles. The van der Waals surface area contributed by atoms with Gasteiger partial charge < -0.3 is 10.2 Å². The van der Waals surface area contributed by atoms with Crippen molar-refractivity contribution in [2.24, 2.45) is 4.99 Å². The number of hydrogen-bond donors (Lipinski definition) is 2. The van der Waals surface area contributed by atoms with E-state index in [9.17, 15) is 9.90 Å². The zero-order valence-corrected chi connectivity index (χ0v) is 12.5. The van der Waals surface area contributed by atoms with Gasteiger partial charge in [-0.2, -0.15) is 0 Å². The van der Waals surface area contributed by atoms with E-state index >= 15 is 0 Å². The van der Waals surface area contributed by atoms with Gasteiger partial charge in [-0.05, 0) is 12.1 Å². The van der Waals surface area contributed by atoms with Crippen molar-refractivity contribution in [1.29, 1.82) is 0 Å². The summed E-state index contributed by atoms with van der Waals surface area (Å²) in [6.45, 7) is 0. The molecule has 0 bridgehead atoms. The van der Waals surface area contributed by atoms with E-state index in [4.69, 9.17) is 28.3 Å². The molecule has 9 heteroatoms. The van der Waals surface area contributed by atoms with Crippen LogP contribution in [0, 0.1) is 0 Å². The number of aliphatic hydroxyl groups is 1. The Balaban J connectivity index is 2.46. The highest BCUT2D eigenvalue weighted by Gasteiger charge is 2.17. The van der Waals surface area contributed by atoms with Gasteiger partial charge in [-0.15, -0.1) is 11.3 Å². The first-order valence-electron chi connectivity index (χ1n) is 5.41. The number of carboxylic acid groups (broad SMARTS) is 1. The van der Waals surface area contributed by atoms with E-state index in [-0.39, 0.29) is 15.9 Å². The summed E-state index contributed by atoms with van der Waals surface area (Å²) in [7, 11) is 0. The Morgan fingerprint density at radius 3 is 2.67 bits per heavy atom. The number of nitrogens with zero attached hydrogens (tertiary/aromatic N) is 3. The number of aliphatic imine (C=N–C) groups is 1. The Kier molecular flexibility index (Phi) is 4.89. The summed E-state index contributed by atoms with van der Waals surface area (Å²) in [5.41, 5.74) is -0.389. The second kappa shape index (κ2) is 6.66. The lowest BCUT2D eigenvalue weighted by atomic mass is 10.1. The van der Waals surface area contributed by atoms with E-state index in [1.165, 1.54) is 29.7 Å². The molecule has 0 aliphatic heterocycles. The van der Waals surface area contributed by atoms with E-state index in [1.807, 2.05) is 0 Å². The fraction of sp³-hybridized carbons (Fsp3) is 0. The van der Waals surface area contributed by atoms with Crippen LogP contribution in [0.25, 0.3) is 5.76 Å². The summed E-state index contributed by atoms with van der Waals surface area (Å²) < 4.78 is 0. The molecule has 2 rings (SSSR count). The second-order valence-corrected chi connectivity index (χ2v) is 5.23. The van der Waals surface area contributed by atoms with Crippen molar-refractivity contribution >= 4 is 57.6 Å². The molecule has 108 valence electrons. The van der Waals surface area contributed by atoms with Crippen LogP contribution in [0.1, 0.15) is 5.56 Å². The number of carboxylic acids is 1. The predicted octanol–water partition coefficient (Wildman–Crippen LogP) is 3.60. The van der Waals surface area contributed by atoms with Gasteiger partial charge in [-0.1, -0.05) is 23.2 Å². The van der Waals surface area contributed by atoms with Crippen LogP contribution in [0.2, 0.25) is 10.3 Å². The van der Waals surface area contributed by atoms with Crippen LogP contribution in [0.3, 0.4) is 0 Å². The zero-order chi connectivity index (χ0) is 15.4. The van der Waals surface area contributed by atoms with Crippen molar-refractivity contribution in [3.63, 3.8) is 0 Å². The van der Waals surface area contributed by atoms with Crippen molar-refractivity contribution in [3.8, 4) is 0 Å². The molecule has 2 N–H and O–H groups in total. The third-order valence-electron chi connectivity index (χ3n) is 2.28. The molecule has 0 fully saturated rings. The SMILES string of the molecule is O=C(O)C(C=Nc1nccs1)=C(O)c1ccc(Cl)nc1Cl. The summed E-state index contributed by atoms with van der Waals surface area (Å²) in [6, 6.07) is 2.75. The average Bonchev–Trinajstić information content (AvgIpc) is 2.91. The minimum atomic E-state index is -1.36. The largest absolute Gasteiger partial charge is 0.506 e. The highest BCUT2D eigenvalue weighted by atomic mass is 35.5. The number of rotatable bonds is 4. The fourth-order valence-corrected chi connectivity index (χ4v) is 2.26. The van der Waals surface area contributed by atoms with Crippen LogP contribution >= 0.6 is 34.5 Å². The minimum Gasteiger partial charge on any atom is -0.506 e. The lowest BCUT2D eigenvalue weighted by molar-refractivity contribution is -0.132. The maximum atomic E-state index is 11.2. The summed E-state index contributed by atoms with van der Waals surface area (Å²) in [6.07, 6.45) is 2.53. The molecule has 0 radical (unpaired) electrons. The lowest BCUT2D eigenvalue weighted by Gasteiger charge is -2.05. The van der Waals surface area contributed by atoms with Gasteiger partial charge in [0, 0.05) is 17.8 Å². The summed E-state index contributed by atoms with van der Waals surface area (Å²) in [4.78, 5) is 22.7. The van der Waals surface area contributed by atoms with Crippen molar-refractivity contribution < 1.29 is 15.0 Å². The molecule has 0 atom stereocenters. The Labute approximate surface area is 133 Å². The van der Waals surface area contributed by atoms with Gasteiger partial charge in [0.25, 0.3) is 0 Å². The lowest BCUT2D eigenvalue weighted by Crippen LogP contribution is -2.06. The third-order valence-corrected chi connectivity index (χ3v) is 3.46. The quantitative estimate of drug-likeness (QED) is 0.382. The smallest absolute Gasteiger partial charge is 0.341 e. The first-order valence-corrected chi connectivity index (χ1v) is 7.05. The standard InChI is InChI=1S/C12H7Cl2N3O3S/c13-8-2-1-6(10(14)17-8)9(18)7(11(19)20)5-16-12-15-3-4-21-12/h1-5,18H,(H,19,20). The third kappa shape index (κ3) is 3.78. The summed E-state index contributed by atoms with van der Waals surface area (Å²) in [5, 5.41) is 21.3. The number of thiazole rings is 1. The topological polar surface area (TPSA) is 95.7 Å². The first-order chi connectivity index (χ1) is 9.99. The van der Waals surface area contributed by atoms with Crippen molar-refractivity contribution in [2.75, 3.05) is 0 Å². The van der Waals surface area contributed by atoms with E-state index in [1.54, 1.807) is 5.38 Å². The normalized spacial score (nSPS) is 12.5. The maximum Gasteiger partial charge on any atom is 0.341 e. The van der Waals surface area contributed by atoms with Crippen LogP contribution in [0.15, 0.2) is 34.3 Å².